The third-order valence-corrected chi connectivity index (χ3v) is 5.50. The number of likely N-dealkylation sites (tertiary alicyclic amines) is 1. The van der Waals surface area contributed by atoms with Crippen LogP contribution < -0.4 is 0 Å². The van der Waals surface area contributed by atoms with Gasteiger partial charge in [0.05, 0.1) is 5.69 Å². The molecule has 0 saturated carbocycles. The van der Waals surface area contributed by atoms with Crippen molar-refractivity contribution in [2.24, 2.45) is 0 Å². The first-order chi connectivity index (χ1) is 13.2. The Balaban J connectivity index is 1.48. The molecule has 0 atom stereocenters. The third kappa shape index (κ3) is 3.88. The van der Waals surface area contributed by atoms with Gasteiger partial charge < -0.3 is 4.90 Å². The Morgan fingerprint density at radius 1 is 0.889 bits per heavy atom. The SMILES string of the molecule is O=C(c1cccc(-c2ccccc2Cl)n1)N1CCC(c2ccccc2)CC1. The Labute approximate surface area is 164 Å². The number of nitrogens with zero attached hydrogens (tertiary/aromatic N) is 2. The van der Waals surface area contributed by atoms with E-state index in [2.05, 4.69) is 29.2 Å². The van der Waals surface area contributed by atoms with Gasteiger partial charge in [0.2, 0.25) is 0 Å². The van der Waals surface area contributed by atoms with Gasteiger partial charge in [0.25, 0.3) is 5.91 Å². The van der Waals surface area contributed by atoms with Crippen molar-refractivity contribution >= 4 is 17.5 Å². The first-order valence-electron chi connectivity index (χ1n) is 9.28. The van der Waals surface area contributed by atoms with Gasteiger partial charge in [-0.2, -0.15) is 0 Å². The minimum absolute atomic E-state index is 0.00425. The quantitative estimate of drug-likeness (QED) is 0.611. The summed E-state index contributed by atoms with van der Waals surface area (Å²) in [5.74, 6) is 0.521. The molecule has 0 spiro atoms. The van der Waals surface area contributed by atoms with E-state index in [1.165, 1.54) is 5.56 Å². The number of aromatic nitrogens is 1. The molecule has 0 unspecified atom stereocenters. The highest BCUT2D eigenvalue weighted by atomic mass is 35.5. The summed E-state index contributed by atoms with van der Waals surface area (Å²) in [6.45, 7) is 1.52. The molecule has 4 heteroatoms. The number of carbonyl (C=O) groups is 1. The summed E-state index contributed by atoms with van der Waals surface area (Å²) in [5, 5.41) is 0.637. The summed E-state index contributed by atoms with van der Waals surface area (Å²) in [5.41, 5.74) is 3.41. The molecule has 2 aromatic carbocycles. The van der Waals surface area contributed by atoms with E-state index in [1.54, 1.807) is 6.07 Å². The normalized spacial score (nSPS) is 14.9. The van der Waals surface area contributed by atoms with E-state index in [-0.39, 0.29) is 5.91 Å². The van der Waals surface area contributed by atoms with Gasteiger partial charge in [0, 0.05) is 23.7 Å². The number of halogens is 1. The molecule has 3 nitrogen and oxygen atoms in total. The average Bonchev–Trinajstić information content (AvgIpc) is 2.74. The van der Waals surface area contributed by atoms with Gasteiger partial charge in [0.15, 0.2) is 0 Å². The minimum Gasteiger partial charge on any atom is -0.337 e. The summed E-state index contributed by atoms with van der Waals surface area (Å²) in [6.07, 6.45) is 1.97. The fourth-order valence-electron chi connectivity index (χ4n) is 3.68. The molecule has 4 rings (SSSR count). The Morgan fingerprint density at radius 3 is 2.33 bits per heavy atom. The molecule has 1 aliphatic heterocycles. The molecule has 1 amide bonds. The zero-order valence-corrected chi connectivity index (χ0v) is 15.8. The number of carbonyl (C=O) groups excluding carboxylic acids is 1. The first-order valence-corrected chi connectivity index (χ1v) is 9.66. The standard InChI is InChI=1S/C23H21ClN2O/c24-20-10-5-4-9-19(20)21-11-6-12-22(25-21)23(27)26-15-13-18(14-16-26)17-7-2-1-3-8-17/h1-12,18H,13-16H2. The van der Waals surface area contributed by atoms with E-state index in [0.717, 1.165) is 37.2 Å². The lowest BCUT2D eigenvalue weighted by Gasteiger charge is -2.32. The summed E-state index contributed by atoms with van der Waals surface area (Å²) < 4.78 is 0. The van der Waals surface area contributed by atoms with E-state index in [9.17, 15) is 4.79 Å². The summed E-state index contributed by atoms with van der Waals surface area (Å²) >= 11 is 6.28. The van der Waals surface area contributed by atoms with Gasteiger partial charge in [-0.1, -0.05) is 66.2 Å². The second kappa shape index (κ2) is 7.93. The number of hydrogen-bond donors (Lipinski definition) is 0. The van der Waals surface area contributed by atoms with Crippen LogP contribution in [0.15, 0.2) is 72.8 Å². The van der Waals surface area contributed by atoms with Crippen molar-refractivity contribution in [3.63, 3.8) is 0 Å². The molecular weight excluding hydrogens is 356 g/mol. The number of amides is 1. The van der Waals surface area contributed by atoms with Crippen molar-refractivity contribution in [3.05, 3.63) is 89.1 Å². The van der Waals surface area contributed by atoms with Crippen LogP contribution in [0.2, 0.25) is 5.02 Å². The van der Waals surface area contributed by atoms with Gasteiger partial charge >= 0.3 is 0 Å². The summed E-state index contributed by atoms with van der Waals surface area (Å²) in [7, 11) is 0. The average molecular weight is 377 g/mol. The number of benzene rings is 2. The van der Waals surface area contributed by atoms with E-state index in [1.807, 2.05) is 47.4 Å². The lowest BCUT2D eigenvalue weighted by molar-refractivity contribution is 0.0707. The molecule has 3 aromatic rings. The van der Waals surface area contributed by atoms with Crippen molar-refractivity contribution in [1.82, 2.24) is 9.88 Å². The highest BCUT2D eigenvalue weighted by Gasteiger charge is 2.25. The predicted octanol–water partition coefficient (Wildman–Crippen LogP) is 5.42. The molecule has 136 valence electrons. The fraction of sp³-hybridized carbons (Fsp3) is 0.217. The van der Waals surface area contributed by atoms with Crippen molar-refractivity contribution < 1.29 is 4.79 Å². The largest absolute Gasteiger partial charge is 0.337 e. The number of rotatable bonds is 3. The fourth-order valence-corrected chi connectivity index (χ4v) is 3.91. The van der Waals surface area contributed by atoms with Crippen LogP contribution in [0.3, 0.4) is 0 Å². The third-order valence-electron chi connectivity index (χ3n) is 5.17. The molecule has 1 saturated heterocycles. The van der Waals surface area contributed by atoms with Crippen LogP contribution in [0, 0.1) is 0 Å². The number of piperidine rings is 1. The predicted molar refractivity (Wildman–Crippen MR) is 109 cm³/mol. The van der Waals surface area contributed by atoms with Crippen LogP contribution in [0.25, 0.3) is 11.3 Å². The van der Waals surface area contributed by atoms with Crippen molar-refractivity contribution in [3.8, 4) is 11.3 Å². The first kappa shape index (κ1) is 17.7. The van der Waals surface area contributed by atoms with E-state index >= 15 is 0 Å². The van der Waals surface area contributed by atoms with E-state index < -0.39 is 0 Å². The molecule has 1 aromatic heterocycles. The summed E-state index contributed by atoms with van der Waals surface area (Å²) in [6, 6.07) is 23.7. The van der Waals surface area contributed by atoms with Gasteiger partial charge in [-0.15, -0.1) is 0 Å². The number of hydrogen-bond acceptors (Lipinski definition) is 2. The lowest BCUT2D eigenvalue weighted by atomic mass is 9.89. The van der Waals surface area contributed by atoms with Gasteiger partial charge in [-0.25, -0.2) is 4.98 Å². The van der Waals surface area contributed by atoms with Crippen LogP contribution in [-0.4, -0.2) is 28.9 Å². The molecule has 0 radical (unpaired) electrons. The Bertz CT molecular complexity index is 934. The van der Waals surface area contributed by atoms with Gasteiger partial charge in [0.1, 0.15) is 5.69 Å². The van der Waals surface area contributed by atoms with E-state index in [0.29, 0.717) is 16.6 Å². The second-order valence-electron chi connectivity index (χ2n) is 6.87. The minimum atomic E-state index is -0.00425. The highest BCUT2D eigenvalue weighted by Crippen LogP contribution is 2.29. The number of pyridine rings is 1. The molecule has 0 aliphatic carbocycles. The molecule has 2 heterocycles. The lowest BCUT2D eigenvalue weighted by Crippen LogP contribution is -2.38. The molecule has 0 bridgehead atoms. The molecule has 0 N–H and O–H groups in total. The van der Waals surface area contributed by atoms with Crippen LogP contribution in [0.1, 0.15) is 34.8 Å². The van der Waals surface area contributed by atoms with Crippen molar-refractivity contribution in [2.75, 3.05) is 13.1 Å². The molecular formula is C23H21ClN2O. The highest BCUT2D eigenvalue weighted by molar-refractivity contribution is 6.33. The second-order valence-corrected chi connectivity index (χ2v) is 7.27. The monoisotopic (exact) mass is 376 g/mol. The van der Waals surface area contributed by atoms with Crippen LogP contribution in [0.4, 0.5) is 0 Å². The van der Waals surface area contributed by atoms with Gasteiger partial charge in [-0.05, 0) is 42.5 Å². The van der Waals surface area contributed by atoms with Gasteiger partial charge in [-0.3, -0.25) is 4.79 Å². The zero-order chi connectivity index (χ0) is 18.6. The van der Waals surface area contributed by atoms with Crippen LogP contribution in [0.5, 0.6) is 0 Å². The van der Waals surface area contributed by atoms with Crippen LogP contribution in [-0.2, 0) is 0 Å². The van der Waals surface area contributed by atoms with Crippen LogP contribution >= 0.6 is 11.6 Å². The Morgan fingerprint density at radius 2 is 1.59 bits per heavy atom. The molecule has 1 aliphatic rings. The molecule has 1 fully saturated rings. The maximum atomic E-state index is 12.9. The van der Waals surface area contributed by atoms with Crippen molar-refractivity contribution in [2.45, 2.75) is 18.8 Å². The Kier molecular flexibility index (Phi) is 5.21. The smallest absolute Gasteiger partial charge is 0.272 e. The maximum Gasteiger partial charge on any atom is 0.272 e. The topological polar surface area (TPSA) is 33.2 Å². The Hall–Kier alpha value is -2.65. The van der Waals surface area contributed by atoms with E-state index in [4.69, 9.17) is 11.6 Å². The maximum absolute atomic E-state index is 12.9. The summed E-state index contributed by atoms with van der Waals surface area (Å²) in [4.78, 5) is 19.4. The molecule has 27 heavy (non-hydrogen) atoms. The zero-order valence-electron chi connectivity index (χ0n) is 15.0. The van der Waals surface area contributed by atoms with Crippen molar-refractivity contribution in [1.29, 1.82) is 0 Å².